The van der Waals surface area contributed by atoms with Gasteiger partial charge in [-0.1, -0.05) is 17.7 Å². The zero-order chi connectivity index (χ0) is 19.2. The molecule has 0 atom stereocenters. The van der Waals surface area contributed by atoms with Crippen LogP contribution in [0.25, 0.3) is 0 Å². The molecule has 0 aliphatic rings. The van der Waals surface area contributed by atoms with Gasteiger partial charge in [-0.25, -0.2) is 13.1 Å². The maximum absolute atomic E-state index is 12.3. The second-order valence-corrected chi connectivity index (χ2v) is 7.43. The third-order valence-electron chi connectivity index (χ3n) is 3.42. The number of sulfonamides is 1. The molecule has 2 aromatic rings. The fourth-order valence-corrected chi connectivity index (χ4v) is 3.39. The number of nitrogens with one attached hydrogen (secondary N) is 2. The van der Waals surface area contributed by atoms with Crippen molar-refractivity contribution in [1.82, 2.24) is 4.72 Å². The van der Waals surface area contributed by atoms with Gasteiger partial charge in [0.15, 0.2) is 11.5 Å². The molecule has 2 aromatic carbocycles. The Morgan fingerprint density at radius 2 is 1.81 bits per heavy atom. The van der Waals surface area contributed by atoms with Gasteiger partial charge in [0.2, 0.25) is 15.9 Å². The summed E-state index contributed by atoms with van der Waals surface area (Å²) in [7, 11) is -0.900. The van der Waals surface area contributed by atoms with E-state index in [0.717, 1.165) is 0 Å². The third-order valence-corrected chi connectivity index (χ3v) is 5.11. The fraction of sp³-hybridized carbons (Fsp3) is 0.235. The molecule has 0 fully saturated rings. The number of carbonyl (C=O) groups excluding carboxylic acids is 1. The molecule has 0 saturated heterocycles. The van der Waals surface area contributed by atoms with E-state index < -0.39 is 10.0 Å². The number of hydrogen-bond donors (Lipinski definition) is 2. The van der Waals surface area contributed by atoms with E-state index in [0.29, 0.717) is 22.2 Å². The summed E-state index contributed by atoms with van der Waals surface area (Å²) in [4.78, 5) is 11.9. The lowest BCUT2D eigenvalue weighted by atomic mass is 10.3. The molecule has 0 aliphatic heterocycles. The van der Waals surface area contributed by atoms with Gasteiger partial charge in [-0.2, -0.15) is 0 Å². The average Bonchev–Trinajstić information content (AvgIpc) is 2.60. The second-order valence-electron chi connectivity index (χ2n) is 5.22. The number of rotatable bonds is 8. The van der Waals surface area contributed by atoms with Gasteiger partial charge in [-0.3, -0.25) is 4.79 Å². The Labute approximate surface area is 157 Å². The number of anilines is 1. The Kier molecular flexibility index (Phi) is 6.84. The number of benzene rings is 2. The summed E-state index contributed by atoms with van der Waals surface area (Å²) in [6.07, 6.45) is -0.0287. The first kappa shape index (κ1) is 20.0. The average molecular weight is 399 g/mol. The van der Waals surface area contributed by atoms with Crippen LogP contribution in [0.5, 0.6) is 11.5 Å². The molecule has 7 nitrogen and oxygen atoms in total. The smallest absolute Gasteiger partial charge is 0.240 e. The van der Waals surface area contributed by atoms with Crippen LogP contribution in [0.2, 0.25) is 5.02 Å². The molecule has 0 heterocycles. The SMILES string of the molecule is COc1ccc(S(=O)(=O)NCCC(=O)Nc2cccc(Cl)c2)cc1OC. The lowest BCUT2D eigenvalue weighted by Crippen LogP contribution is -2.27. The Morgan fingerprint density at radius 3 is 2.46 bits per heavy atom. The maximum Gasteiger partial charge on any atom is 0.240 e. The highest BCUT2D eigenvalue weighted by Gasteiger charge is 2.17. The van der Waals surface area contributed by atoms with Crippen molar-refractivity contribution >= 4 is 33.2 Å². The highest BCUT2D eigenvalue weighted by molar-refractivity contribution is 7.89. The van der Waals surface area contributed by atoms with Gasteiger partial charge >= 0.3 is 0 Å². The summed E-state index contributed by atoms with van der Waals surface area (Å²) in [6.45, 7) is -0.0525. The largest absolute Gasteiger partial charge is 0.493 e. The molecule has 26 heavy (non-hydrogen) atoms. The molecule has 1 amide bonds. The molecule has 0 aromatic heterocycles. The number of carbonyl (C=O) groups is 1. The van der Waals surface area contributed by atoms with Gasteiger partial charge in [0, 0.05) is 29.7 Å². The van der Waals surface area contributed by atoms with Gasteiger partial charge in [-0.05, 0) is 30.3 Å². The molecule has 9 heteroatoms. The molecule has 2 N–H and O–H groups in total. The molecule has 0 saturated carbocycles. The number of halogens is 1. The van der Waals surface area contributed by atoms with E-state index in [1.165, 1.54) is 32.4 Å². The van der Waals surface area contributed by atoms with Crippen LogP contribution in [0.4, 0.5) is 5.69 Å². The van der Waals surface area contributed by atoms with Gasteiger partial charge in [0.25, 0.3) is 0 Å². The summed E-state index contributed by atoms with van der Waals surface area (Å²) in [5, 5.41) is 3.14. The standard InChI is InChI=1S/C17H19ClN2O5S/c1-24-15-7-6-14(11-16(15)25-2)26(22,23)19-9-8-17(21)20-13-5-3-4-12(18)10-13/h3-7,10-11,19H,8-9H2,1-2H3,(H,20,21). The van der Waals surface area contributed by atoms with Crippen LogP contribution in [-0.2, 0) is 14.8 Å². The third kappa shape index (κ3) is 5.35. The van der Waals surface area contributed by atoms with Crippen LogP contribution >= 0.6 is 11.6 Å². The molecular weight excluding hydrogens is 380 g/mol. The van der Waals surface area contributed by atoms with Crippen molar-refractivity contribution in [2.75, 3.05) is 26.1 Å². The minimum absolute atomic E-state index is 0.0189. The summed E-state index contributed by atoms with van der Waals surface area (Å²) < 4.78 is 37.2. The topological polar surface area (TPSA) is 93.7 Å². The van der Waals surface area contributed by atoms with Crippen molar-refractivity contribution in [3.05, 3.63) is 47.5 Å². The summed E-state index contributed by atoms with van der Waals surface area (Å²) in [5.41, 5.74) is 0.547. The highest BCUT2D eigenvalue weighted by atomic mass is 35.5. The van der Waals surface area contributed by atoms with Crippen LogP contribution in [-0.4, -0.2) is 35.1 Å². The lowest BCUT2D eigenvalue weighted by molar-refractivity contribution is -0.116. The molecule has 0 spiro atoms. The van der Waals surface area contributed by atoms with Crippen LogP contribution in [0.15, 0.2) is 47.4 Å². The van der Waals surface area contributed by atoms with E-state index >= 15 is 0 Å². The highest BCUT2D eigenvalue weighted by Crippen LogP contribution is 2.29. The zero-order valence-corrected chi connectivity index (χ0v) is 15.9. The maximum atomic E-state index is 12.3. The van der Waals surface area contributed by atoms with Crippen LogP contribution < -0.4 is 19.5 Å². The van der Waals surface area contributed by atoms with Crippen LogP contribution in [0.1, 0.15) is 6.42 Å². The quantitative estimate of drug-likeness (QED) is 0.713. The van der Waals surface area contributed by atoms with Crippen molar-refractivity contribution < 1.29 is 22.7 Å². The number of hydrogen-bond acceptors (Lipinski definition) is 5. The minimum Gasteiger partial charge on any atom is -0.493 e. The Balaban J connectivity index is 1.94. The number of methoxy groups -OCH3 is 2. The molecular formula is C17H19ClN2O5S. The molecule has 2 rings (SSSR count). The lowest BCUT2D eigenvalue weighted by Gasteiger charge is -2.11. The number of ether oxygens (including phenoxy) is 2. The Hall–Kier alpha value is -2.29. The van der Waals surface area contributed by atoms with E-state index in [2.05, 4.69) is 10.0 Å². The van der Waals surface area contributed by atoms with Crippen molar-refractivity contribution in [3.8, 4) is 11.5 Å². The molecule has 0 aliphatic carbocycles. The minimum atomic E-state index is -3.78. The van der Waals surface area contributed by atoms with E-state index in [9.17, 15) is 13.2 Å². The summed E-state index contributed by atoms with van der Waals surface area (Å²) in [5.74, 6) is 0.392. The monoisotopic (exact) mass is 398 g/mol. The van der Waals surface area contributed by atoms with E-state index in [1.54, 1.807) is 24.3 Å². The second kappa shape index (κ2) is 8.88. The van der Waals surface area contributed by atoms with Gasteiger partial charge < -0.3 is 14.8 Å². The fourth-order valence-electron chi connectivity index (χ4n) is 2.16. The van der Waals surface area contributed by atoms with Crippen LogP contribution in [0, 0.1) is 0 Å². The van der Waals surface area contributed by atoms with E-state index in [1.807, 2.05) is 0 Å². The van der Waals surface area contributed by atoms with Gasteiger partial charge in [-0.15, -0.1) is 0 Å². The molecule has 0 radical (unpaired) electrons. The first-order chi connectivity index (χ1) is 12.4. The molecule has 0 bridgehead atoms. The normalized spacial score (nSPS) is 11.0. The molecule has 140 valence electrons. The van der Waals surface area contributed by atoms with Gasteiger partial charge in [0.1, 0.15) is 0 Å². The predicted molar refractivity (Wildman–Crippen MR) is 99.4 cm³/mol. The van der Waals surface area contributed by atoms with Crippen LogP contribution in [0.3, 0.4) is 0 Å². The van der Waals surface area contributed by atoms with E-state index in [4.69, 9.17) is 21.1 Å². The summed E-state index contributed by atoms with van der Waals surface area (Å²) in [6, 6.07) is 10.9. The van der Waals surface area contributed by atoms with Gasteiger partial charge in [0.05, 0.1) is 19.1 Å². The van der Waals surface area contributed by atoms with Crippen molar-refractivity contribution in [2.24, 2.45) is 0 Å². The van der Waals surface area contributed by atoms with Crippen molar-refractivity contribution in [3.63, 3.8) is 0 Å². The van der Waals surface area contributed by atoms with E-state index in [-0.39, 0.29) is 23.8 Å². The summed E-state index contributed by atoms with van der Waals surface area (Å²) >= 11 is 5.84. The zero-order valence-electron chi connectivity index (χ0n) is 14.3. The first-order valence-corrected chi connectivity index (χ1v) is 9.49. The van der Waals surface area contributed by atoms with Crippen molar-refractivity contribution in [2.45, 2.75) is 11.3 Å². The predicted octanol–water partition coefficient (Wildman–Crippen LogP) is 2.66. The number of amides is 1. The Morgan fingerprint density at radius 1 is 1.08 bits per heavy atom. The van der Waals surface area contributed by atoms with Crippen molar-refractivity contribution in [1.29, 1.82) is 0 Å². The molecule has 0 unspecified atom stereocenters. The first-order valence-electron chi connectivity index (χ1n) is 7.63. The Bertz CT molecular complexity index is 886.